The minimum Gasteiger partial charge on any atom is -0.396 e. The summed E-state index contributed by atoms with van der Waals surface area (Å²) in [4.78, 5) is 18.6. The molecule has 1 unspecified atom stereocenters. The molecule has 0 aromatic heterocycles. The number of likely N-dealkylation sites (tertiary alicyclic amines) is 1. The van der Waals surface area contributed by atoms with Crippen LogP contribution < -0.4 is 10.0 Å². The molecule has 4 rings (SSSR count). The summed E-state index contributed by atoms with van der Waals surface area (Å²) in [5, 5.41) is 14.7. The van der Waals surface area contributed by atoms with Gasteiger partial charge in [0, 0.05) is 57.1 Å². The van der Waals surface area contributed by atoms with Crippen LogP contribution in [0.5, 0.6) is 0 Å². The Morgan fingerprint density at radius 3 is 2.32 bits per heavy atom. The molecule has 2 aliphatic heterocycles. The largest absolute Gasteiger partial charge is 0.419 e. The van der Waals surface area contributed by atoms with Crippen molar-refractivity contribution in [1.29, 1.82) is 0 Å². The highest BCUT2D eigenvalue weighted by molar-refractivity contribution is 7.89. The molecule has 1 atom stereocenters. The number of halogens is 4. The van der Waals surface area contributed by atoms with Crippen LogP contribution in [0.1, 0.15) is 27.9 Å². The number of sulfonamides is 1. The van der Waals surface area contributed by atoms with Crippen molar-refractivity contribution in [2.45, 2.75) is 24.0 Å². The average Bonchev–Trinajstić information content (AvgIpc) is 3.30. The molecule has 0 saturated carbocycles. The lowest BCUT2D eigenvalue weighted by Crippen LogP contribution is -2.49. The zero-order chi connectivity index (χ0) is 27.0. The Balaban J connectivity index is 1.50. The molecular formula is C24H28F4N4O4S. The van der Waals surface area contributed by atoms with Crippen LogP contribution in [0.15, 0.2) is 41.3 Å². The van der Waals surface area contributed by atoms with Gasteiger partial charge in [0.15, 0.2) is 0 Å². The molecule has 2 aromatic carbocycles. The summed E-state index contributed by atoms with van der Waals surface area (Å²) >= 11 is 0. The fourth-order valence-electron chi connectivity index (χ4n) is 4.78. The van der Waals surface area contributed by atoms with Gasteiger partial charge in [-0.15, -0.1) is 0 Å². The Labute approximate surface area is 212 Å². The molecule has 0 aliphatic carbocycles. The van der Waals surface area contributed by atoms with Crippen LogP contribution in [0.25, 0.3) is 0 Å². The lowest BCUT2D eigenvalue weighted by atomic mass is 10.0. The molecule has 0 bridgehead atoms. The Morgan fingerprint density at radius 1 is 1.05 bits per heavy atom. The van der Waals surface area contributed by atoms with Crippen LogP contribution in [0.4, 0.5) is 23.2 Å². The first kappa shape index (κ1) is 27.3. The molecule has 1 amide bonds. The van der Waals surface area contributed by atoms with Crippen molar-refractivity contribution in [2.75, 3.05) is 50.8 Å². The predicted molar refractivity (Wildman–Crippen MR) is 128 cm³/mol. The van der Waals surface area contributed by atoms with E-state index in [9.17, 15) is 35.9 Å². The van der Waals surface area contributed by atoms with Crippen LogP contribution in [-0.2, 0) is 22.7 Å². The van der Waals surface area contributed by atoms with Crippen molar-refractivity contribution in [3.05, 3.63) is 58.9 Å². The van der Waals surface area contributed by atoms with Crippen LogP contribution >= 0.6 is 0 Å². The average molecular weight is 545 g/mol. The van der Waals surface area contributed by atoms with Gasteiger partial charge in [-0.2, -0.15) is 13.2 Å². The molecule has 13 heteroatoms. The van der Waals surface area contributed by atoms with Gasteiger partial charge in [-0.25, -0.2) is 17.9 Å². The number of nitrogens with two attached hydrogens (primary N) is 1. The van der Waals surface area contributed by atoms with Gasteiger partial charge < -0.3 is 14.9 Å². The first-order chi connectivity index (χ1) is 17.4. The summed E-state index contributed by atoms with van der Waals surface area (Å²) in [7, 11) is -4.05. The van der Waals surface area contributed by atoms with Crippen LogP contribution in [0.2, 0.25) is 0 Å². The molecule has 2 aromatic rings. The predicted octanol–water partition coefficient (Wildman–Crippen LogP) is 2.27. The maximum Gasteiger partial charge on any atom is 0.419 e. The van der Waals surface area contributed by atoms with Crippen LogP contribution in [0.3, 0.4) is 0 Å². The topological polar surface area (TPSA) is 107 Å². The van der Waals surface area contributed by atoms with E-state index in [0.717, 1.165) is 19.0 Å². The maximum absolute atomic E-state index is 14.0. The molecule has 3 N–H and O–H groups in total. The van der Waals surface area contributed by atoms with Gasteiger partial charge in [-0.1, -0.05) is 6.07 Å². The van der Waals surface area contributed by atoms with Gasteiger partial charge in [0.2, 0.25) is 10.0 Å². The number of hydrogen-bond donors (Lipinski definition) is 2. The number of carbonyl (C=O) groups excluding carboxylic acids is 1. The second-order valence-electron chi connectivity index (χ2n) is 9.38. The van der Waals surface area contributed by atoms with Crippen LogP contribution in [0, 0.1) is 11.7 Å². The summed E-state index contributed by atoms with van der Waals surface area (Å²) in [6, 6.07) is 6.94. The second kappa shape index (κ2) is 10.6. The number of piperazine rings is 1. The van der Waals surface area contributed by atoms with E-state index in [1.165, 1.54) is 23.1 Å². The quantitative estimate of drug-likeness (QED) is 0.541. The maximum atomic E-state index is 14.0. The van der Waals surface area contributed by atoms with Crippen LogP contribution in [-0.4, -0.2) is 75.1 Å². The van der Waals surface area contributed by atoms with Gasteiger partial charge >= 0.3 is 6.18 Å². The SMILES string of the molecule is NS(=O)(=O)c1ccc(CN2CCC(CO)C2)c(C(=O)N2CCN(c3ccc(C(F)(F)F)c(F)c3)CC2)c1. The van der Waals surface area contributed by atoms with Gasteiger partial charge in [-0.05, 0) is 54.8 Å². The van der Waals surface area contributed by atoms with Crippen molar-refractivity contribution in [3.8, 4) is 0 Å². The summed E-state index contributed by atoms with van der Waals surface area (Å²) < 4.78 is 76.5. The Hall–Kier alpha value is -2.74. The number of anilines is 1. The summed E-state index contributed by atoms with van der Waals surface area (Å²) in [6.07, 6.45) is -3.97. The number of hydrogen-bond acceptors (Lipinski definition) is 6. The number of carbonyl (C=O) groups is 1. The molecule has 202 valence electrons. The molecule has 8 nitrogen and oxygen atoms in total. The van der Waals surface area contributed by atoms with Gasteiger partial charge in [0.1, 0.15) is 5.82 Å². The molecule has 2 heterocycles. The first-order valence-electron chi connectivity index (χ1n) is 11.8. The van der Waals surface area contributed by atoms with Crippen molar-refractivity contribution in [1.82, 2.24) is 9.80 Å². The normalized spacial score (nSPS) is 19.5. The van der Waals surface area contributed by atoms with E-state index in [1.807, 2.05) is 0 Å². The first-order valence-corrected chi connectivity index (χ1v) is 13.3. The number of amides is 1. The molecule has 37 heavy (non-hydrogen) atoms. The van der Waals surface area contributed by atoms with E-state index in [4.69, 9.17) is 5.14 Å². The summed E-state index contributed by atoms with van der Waals surface area (Å²) in [6.45, 7) is 2.78. The smallest absolute Gasteiger partial charge is 0.396 e. The highest BCUT2D eigenvalue weighted by atomic mass is 32.2. The molecule has 2 aliphatic rings. The molecular weight excluding hydrogens is 516 g/mol. The zero-order valence-electron chi connectivity index (χ0n) is 19.9. The number of rotatable bonds is 6. The molecule has 0 radical (unpaired) electrons. The number of alkyl halides is 3. The number of primary sulfonamides is 1. The monoisotopic (exact) mass is 544 g/mol. The molecule has 2 saturated heterocycles. The van der Waals surface area contributed by atoms with Gasteiger partial charge in [0.05, 0.1) is 10.5 Å². The van der Waals surface area contributed by atoms with E-state index < -0.39 is 33.5 Å². The Morgan fingerprint density at radius 2 is 1.76 bits per heavy atom. The standard InChI is InChI=1S/C24H28F4N4O4S/c25-22-11-18(2-4-21(22)24(26,27)28)31-7-9-32(10-8-31)23(34)20-12-19(37(29,35)36)3-1-17(20)14-30-6-5-16(13-30)15-33/h1-4,11-12,16,33H,5-10,13-15H2,(H2,29,35,36). The van der Waals surface area contributed by atoms with E-state index in [-0.39, 0.29) is 54.9 Å². The third kappa shape index (κ3) is 6.22. The van der Waals surface area contributed by atoms with E-state index in [0.29, 0.717) is 24.7 Å². The fraction of sp³-hybridized carbons (Fsp3) is 0.458. The van der Waals surface area contributed by atoms with Crippen molar-refractivity contribution >= 4 is 21.6 Å². The fourth-order valence-corrected chi connectivity index (χ4v) is 5.32. The Bertz CT molecular complexity index is 1260. The number of benzene rings is 2. The lowest BCUT2D eigenvalue weighted by molar-refractivity contribution is -0.139. The zero-order valence-corrected chi connectivity index (χ0v) is 20.7. The molecule has 2 fully saturated rings. The number of nitrogens with zero attached hydrogens (tertiary/aromatic N) is 3. The Kier molecular flexibility index (Phi) is 7.79. The minimum atomic E-state index is -4.79. The van der Waals surface area contributed by atoms with E-state index in [1.54, 1.807) is 11.0 Å². The summed E-state index contributed by atoms with van der Waals surface area (Å²) in [5.41, 5.74) is -0.228. The highest BCUT2D eigenvalue weighted by Crippen LogP contribution is 2.33. The second-order valence-corrected chi connectivity index (χ2v) is 10.9. The van der Waals surface area contributed by atoms with Crippen molar-refractivity contribution in [3.63, 3.8) is 0 Å². The van der Waals surface area contributed by atoms with Gasteiger partial charge in [-0.3, -0.25) is 9.69 Å². The van der Waals surface area contributed by atoms with E-state index >= 15 is 0 Å². The molecule has 0 spiro atoms. The number of aliphatic hydroxyl groups excluding tert-OH is 1. The third-order valence-corrected chi connectivity index (χ3v) is 7.76. The van der Waals surface area contributed by atoms with Gasteiger partial charge in [0.25, 0.3) is 5.91 Å². The summed E-state index contributed by atoms with van der Waals surface area (Å²) in [5.74, 6) is -1.61. The van der Waals surface area contributed by atoms with E-state index in [2.05, 4.69) is 4.90 Å². The lowest BCUT2D eigenvalue weighted by Gasteiger charge is -2.36. The van der Waals surface area contributed by atoms with Crippen molar-refractivity contribution in [2.24, 2.45) is 11.1 Å². The highest BCUT2D eigenvalue weighted by Gasteiger charge is 2.34. The minimum absolute atomic E-state index is 0.0692. The number of aliphatic hydroxyl groups is 1. The van der Waals surface area contributed by atoms with Crippen molar-refractivity contribution < 1.29 is 35.9 Å². The third-order valence-electron chi connectivity index (χ3n) is 6.85.